The van der Waals surface area contributed by atoms with Gasteiger partial charge in [-0.05, 0) is 37.7 Å². The smallest absolute Gasteiger partial charge is 0.268 e. The molecule has 112 valence electrons. The first-order chi connectivity index (χ1) is 9.32. The van der Waals surface area contributed by atoms with E-state index in [1.165, 1.54) is 10.6 Å². The van der Waals surface area contributed by atoms with Gasteiger partial charge in [-0.1, -0.05) is 30.1 Å². The third kappa shape index (κ3) is 3.30. The number of aliphatic hydroxyl groups is 1. The molecule has 2 N–H and O–H groups in total. The maximum Gasteiger partial charge on any atom is 0.268 e. The van der Waals surface area contributed by atoms with Gasteiger partial charge in [-0.25, -0.2) is 0 Å². The van der Waals surface area contributed by atoms with Gasteiger partial charge in [0.1, 0.15) is 10.8 Å². The molecule has 0 spiro atoms. The second kappa shape index (κ2) is 5.96. The van der Waals surface area contributed by atoms with E-state index >= 15 is 0 Å². The Kier molecular flexibility index (Phi) is 4.67. The molecule has 1 amide bonds. The van der Waals surface area contributed by atoms with Crippen LogP contribution in [-0.2, 0) is 7.05 Å². The van der Waals surface area contributed by atoms with Gasteiger partial charge >= 0.3 is 0 Å². The fourth-order valence-electron chi connectivity index (χ4n) is 2.57. The van der Waals surface area contributed by atoms with Crippen molar-refractivity contribution in [2.24, 2.45) is 13.0 Å². The van der Waals surface area contributed by atoms with E-state index in [9.17, 15) is 9.90 Å². The van der Waals surface area contributed by atoms with Crippen LogP contribution in [0.4, 0.5) is 0 Å². The van der Waals surface area contributed by atoms with Crippen LogP contribution < -0.4 is 5.32 Å². The SMILES string of the molecule is CC1CCC(O)(CNC(=O)c2cc(Cl)c(Cl)n2C)CC1. The van der Waals surface area contributed by atoms with Crippen LogP contribution in [0.5, 0.6) is 0 Å². The monoisotopic (exact) mass is 318 g/mol. The summed E-state index contributed by atoms with van der Waals surface area (Å²) in [6, 6.07) is 1.53. The number of hydrogen-bond acceptors (Lipinski definition) is 2. The normalized spacial score (nSPS) is 26.6. The first kappa shape index (κ1) is 15.7. The first-order valence-electron chi connectivity index (χ1n) is 6.84. The molecule has 0 aromatic carbocycles. The molecule has 1 saturated carbocycles. The Hall–Kier alpha value is -0.710. The van der Waals surface area contributed by atoms with Crippen molar-refractivity contribution < 1.29 is 9.90 Å². The van der Waals surface area contributed by atoms with Crippen LogP contribution in [0, 0.1) is 5.92 Å². The Morgan fingerprint density at radius 2 is 2.10 bits per heavy atom. The van der Waals surface area contributed by atoms with Crippen LogP contribution in [-0.4, -0.2) is 27.7 Å². The number of carbonyl (C=O) groups excluding carboxylic acids is 1. The molecule has 0 unspecified atom stereocenters. The highest BCUT2D eigenvalue weighted by Crippen LogP contribution is 2.31. The van der Waals surface area contributed by atoms with Gasteiger partial charge in [-0.2, -0.15) is 0 Å². The Labute approximate surface area is 129 Å². The molecule has 1 fully saturated rings. The van der Waals surface area contributed by atoms with Crippen LogP contribution in [0.15, 0.2) is 6.07 Å². The largest absolute Gasteiger partial charge is 0.388 e. The molecule has 0 atom stereocenters. The number of halogens is 2. The Morgan fingerprint density at radius 3 is 2.60 bits per heavy atom. The maximum atomic E-state index is 12.1. The number of amides is 1. The predicted octanol–water partition coefficient (Wildman–Crippen LogP) is 3.00. The van der Waals surface area contributed by atoms with Gasteiger partial charge < -0.3 is 15.0 Å². The molecule has 2 rings (SSSR count). The lowest BCUT2D eigenvalue weighted by Crippen LogP contribution is -2.45. The third-order valence-corrected chi connectivity index (χ3v) is 4.97. The van der Waals surface area contributed by atoms with Crippen LogP contribution in [0.1, 0.15) is 43.1 Å². The lowest BCUT2D eigenvalue weighted by atomic mass is 9.79. The van der Waals surface area contributed by atoms with Gasteiger partial charge in [0, 0.05) is 13.6 Å². The van der Waals surface area contributed by atoms with Crippen molar-refractivity contribution in [3.05, 3.63) is 21.9 Å². The molecule has 6 heteroatoms. The predicted molar refractivity (Wildman–Crippen MR) is 80.3 cm³/mol. The van der Waals surface area contributed by atoms with Crippen molar-refractivity contribution in [3.63, 3.8) is 0 Å². The van der Waals surface area contributed by atoms with Crippen molar-refractivity contribution in [2.75, 3.05) is 6.54 Å². The van der Waals surface area contributed by atoms with Gasteiger partial charge in [-0.3, -0.25) is 4.79 Å². The highest BCUT2D eigenvalue weighted by molar-refractivity contribution is 6.41. The highest BCUT2D eigenvalue weighted by Gasteiger charge is 2.32. The lowest BCUT2D eigenvalue weighted by molar-refractivity contribution is -0.00546. The molecular formula is C14H20Cl2N2O2. The Morgan fingerprint density at radius 1 is 1.50 bits per heavy atom. The molecule has 20 heavy (non-hydrogen) atoms. The van der Waals surface area contributed by atoms with E-state index in [-0.39, 0.29) is 12.5 Å². The molecule has 1 aromatic heterocycles. The minimum absolute atomic E-state index is 0.263. The molecule has 0 saturated heterocycles. The van der Waals surface area contributed by atoms with E-state index in [4.69, 9.17) is 23.2 Å². The maximum absolute atomic E-state index is 12.1. The topological polar surface area (TPSA) is 54.3 Å². The van der Waals surface area contributed by atoms with Crippen molar-refractivity contribution in [1.29, 1.82) is 0 Å². The molecule has 1 heterocycles. The zero-order valence-electron chi connectivity index (χ0n) is 11.7. The standard InChI is InChI=1S/C14H20Cl2N2O2/c1-9-3-5-14(20,6-4-9)8-17-13(19)11-7-10(15)12(16)18(11)2/h7,9,20H,3-6,8H2,1-2H3,(H,17,19). The summed E-state index contributed by atoms with van der Waals surface area (Å²) in [6.07, 6.45) is 3.44. The number of hydrogen-bond donors (Lipinski definition) is 2. The van der Waals surface area contributed by atoms with E-state index in [0.717, 1.165) is 25.7 Å². The summed E-state index contributed by atoms with van der Waals surface area (Å²) in [7, 11) is 1.68. The molecule has 1 aliphatic carbocycles. The third-order valence-electron chi connectivity index (χ3n) is 4.13. The minimum atomic E-state index is -0.791. The average molecular weight is 319 g/mol. The van der Waals surface area contributed by atoms with Crippen LogP contribution in [0.25, 0.3) is 0 Å². The van der Waals surface area contributed by atoms with Crippen molar-refractivity contribution in [3.8, 4) is 0 Å². The number of aromatic nitrogens is 1. The molecule has 0 aliphatic heterocycles. The number of nitrogens with one attached hydrogen (secondary N) is 1. The molecule has 4 nitrogen and oxygen atoms in total. The molecule has 0 bridgehead atoms. The summed E-state index contributed by atoms with van der Waals surface area (Å²) in [5, 5.41) is 13.9. The molecule has 1 aromatic rings. The zero-order valence-corrected chi connectivity index (χ0v) is 13.3. The van der Waals surface area contributed by atoms with E-state index in [2.05, 4.69) is 12.2 Å². The number of carbonyl (C=O) groups is 1. The second-order valence-electron chi connectivity index (χ2n) is 5.82. The summed E-state index contributed by atoms with van der Waals surface area (Å²) in [5.41, 5.74) is -0.395. The molecule has 1 aliphatic rings. The second-order valence-corrected chi connectivity index (χ2v) is 6.58. The van der Waals surface area contributed by atoms with Crippen LogP contribution >= 0.6 is 23.2 Å². The zero-order chi connectivity index (χ0) is 14.9. The van der Waals surface area contributed by atoms with Crippen molar-refractivity contribution in [2.45, 2.75) is 38.2 Å². The summed E-state index contributed by atoms with van der Waals surface area (Å²) < 4.78 is 1.53. The van der Waals surface area contributed by atoms with Gasteiger partial charge in [0.25, 0.3) is 5.91 Å². The van der Waals surface area contributed by atoms with Crippen molar-refractivity contribution >= 4 is 29.1 Å². The van der Waals surface area contributed by atoms with Crippen LogP contribution in [0.2, 0.25) is 10.2 Å². The molecule has 0 radical (unpaired) electrons. The summed E-state index contributed by atoms with van der Waals surface area (Å²) in [4.78, 5) is 12.1. The highest BCUT2D eigenvalue weighted by atomic mass is 35.5. The van der Waals surface area contributed by atoms with Gasteiger partial charge in [-0.15, -0.1) is 0 Å². The molecular weight excluding hydrogens is 299 g/mol. The summed E-state index contributed by atoms with van der Waals surface area (Å²) in [5.74, 6) is 0.379. The fraction of sp³-hybridized carbons (Fsp3) is 0.643. The Bertz CT molecular complexity index is 506. The van der Waals surface area contributed by atoms with E-state index in [0.29, 0.717) is 21.8 Å². The quantitative estimate of drug-likeness (QED) is 0.900. The number of nitrogens with zero attached hydrogens (tertiary/aromatic N) is 1. The van der Waals surface area contributed by atoms with E-state index in [1.54, 1.807) is 7.05 Å². The number of rotatable bonds is 3. The minimum Gasteiger partial charge on any atom is -0.388 e. The van der Waals surface area contributed by atoms with Gasteiger partial charge in [0.05, 0.1) is 10.6 Å². The van der Waals surface area contributed by atoms with Crippen molar-refractivity contribution in [1.82, 2.24) is 9.88 Å². The fourth-order valence-corrected chi connectivity index (χ4v) is 2.95. The van der Waals surface area contributed by atoms with Gasteiger partial charge in [0.15, 0.2) is 0 Å². The van der Waals surface area contributed by atoms with E-state index in [1.807, 2.05) is 0 Å². The Balaban J connectivity index is 1.97. The summed E-state index contributed by atoms with van der Waals surface area (Å²) >= 11 is 11.8. The van der Waals surface area contributed by atoms with E-state index < -0.39 is 5.60 Å². The average Bonchev–Trinajstić information content (AvgIpc) is 2.68. The first-order valence-corrected chi connectivity index (χ1v) is 7.59. The summed E-state index contributed by atoms with van der Waals surface area (Å²) in [6.45, 7) is 2.45. The van der Waals surface area contributed by atoms with Gasteiger partial charge in [0.2, 0.25) is 0 Å². The van der Waals surface area contributed by atoms with Crippen LogP contribution in [0.3, 0.4) is 0 Å². The lowest BCUT2D eigenvalue weighted by Gasteiger charge is -2.34.